The summed E-state index contributed by atoms with van der Waals surface area (Å²) in [5.41, 5.74) is -0.798. The van der Waals surface area contributed by atoms with Crippen LogP contribution in [0.15, 0.2) is 55.6 Å². The highest BCUT2D eigenvalue weighted by Crippen LogP contribution is 2.60. The Morgan fingerprint density at radius 2 is 2.11 bits per heavy atom. The SMILES string of the molecule is C=CCOP(=O)(OCCC#N)[C@@H]1C(CO)OC(n2cnc3c(NC(=O)c4ccccc4)ncnc32)[C@@H]1F. The van der Waals surface area contributed by atoms with Crippen molar-refractivity contribution in [2.24, 2.45) is 0 Å². The van der Waals surface area contributed by atoms with Gasteiger partial charge in [0.05, 0.1) is 38.6 Å². The first-order valence-electron chi connectivity index (χ1n) is 11.2. The molecule has 4 rings (SSSR count). The Bertz CT molecular complexity index is 1350. The predicted octanol–water partition coefficient (Wildman–Crippen LogP) is 3.00. The molecule has 1 aromatic carbocycles. The number of nitrogens with one attached hydrogen (secondary N) is 1. The van der Waals surface area contributed by atoms with Gasteiger partial charge in [0.1, 0.15) is 18.1 Å². The number of nitriles is 1. The van der Waals surface area contributed by atoms with Gasteiger partial charge in [-0.3, -0.25) is 13.9 Å². The molecule has 14 heteroatoms. The monoisotopic (exact) mass is 530 g/mol. The average molecular weight is 530 g/mol. The number of benzene rings is 1. The number of aliphatic hydroxyl groups is 1. The van der Waals surface area contributed by atoms with Crippen LogP contribution in [0.3, 0.4) is 0 Å². The van der Waals surface area contributed by atoms with Crippen molar-refractivity contribution in [1.29, 1.82) is 5.26 Å². The fourth-order valence-corrected chi connectivity index (χ4v) is 6.09. The third kappa shape index (κ3) is 5.44. The van der Waals surface area contributed by atoms with E-state index < -0.39 is 44.3 Å². The van der Waals surface area contributed by atoms with E-state index in [-0.39, 0.29) is 36.6 Å². The lowest BCUT2D eigenvalue weighted by Crippen LogP contribution is -2.33. The molecule has 3 aromatic rings. The number of imidazole rings is 1. The summed E-state index contributed by atoms with van der Waals surface area (Å²) >= 11 is 0. The fourth-order valence-electron chi connectivity index (χ4n) is 3.94. The number of ether oxygens (including phenoxy) is 1. The van der Waals surface area contributed by atoms with E-state index in [1.165, 1.54) is 23.3 Å². The van der Waals surface area contributed by atoms with Gasteiger partial charge in [0.15, 0.2) is 29.4 Å². The van der Waals surface area contributed by atoms with Gasteiger partial charge in [-0.25, -0.2) is 19.3 Å². The third-order valence-corrected chi connectivity index (χ3v) is 8.00. The molecule has 0 aliphatic carbocycles. The minimum Gasteiger partial charge on any atom is -0.394 e. The van der Waals surface area contributed by atoms with Crippen LogP contribution in [0, 0.1) is 11.3 Å². The molecule has 1 fully saturated rings. The van der Waals surface area contributed by atoms with E-state index >= 15 is 4.39 Å². The molecule has 37 heavy (non-hydrogen) atoms. The number of anilines is 1. The molecule has 1 amide bonds. The maximum Gasteiger partial charge on any atom is 0.339 e. The number of hydrogen-bond donors (Lipinski definition) is 2. The number of aliphatic hydroxyl groups excluding tert-OH is 1. The first kappa shape index (κ1) is 26.5. The number of carbonyl (C=O) groups excluding carboxylic acids is 1. The highest BCUT2D eigenvalue weighted by atomic mass is 31.2. The van der Waals surface area contributed by atoms with Gasteiger partial charge >= 0.3 is 7.60 Å². The number of halogens is 1. The average Bonchev–Trinajstić information content (AvgIpc) is 3.49. The second-order valence-corrected chi connectivity index (χ2v) is 10.1. The lowest BCUT2D eigenvalue weighted by Gasteiger charge is -2.26. The summed E-state index contributed by atoms with van der Waals surface area (Å²) in [5, 5.41) is 21.4. The van der Waals surface area contributed by atoms with Crippen molar-refractivity contribution in [2.75, 3.05) is 25.1 Å². The smallest absolute Gasteiger partial charge is 0.339 e. The van der Waals surface area contributed by atoms with E-state index in [0.717, 1.165) is 0 Å². The van der Waals surface area contributed by atoms with Gasteiger partial charge in [-0.2, -0.15) is 5.26 Å². The molecule has 2 N–H and O–H groups in total. The summed E-state index contributed by atoms with van der Waals surface area (Å²) in [6.45, 7) is 2.35. The van der Waals surface area contributed by atoms with E-state index in [4.69, 9.17) is 19.0 Å². The quantitative estimate of drug-likeness (QED) is 0.214. The minimum atomic E-state index is -4.21. The van der Waals surface area contributed by atoms with Crippen LogP contribution >= 0.6 is 7.60 Å². The van der Waals surface area contributed by atoms with Crippen molar-refractivity contribution < 1.29 is 32.6 Å². The fraction of sp³-hybridized carbons (Fsp3) is 0.348. The number of aromatic nitrogens is 4. The Hall–Kier alpha value is -3.53. The van der Waals surface area contributed by atoms with Crippen LogP contribution in [0.2, 0.25) is 0 Å². The van der Waals surface area contributed by atoms with Gasteiger partial charge in [0.25, 0.3) is 5.91 Å². The van der Waals surface area contributed by atoms with Gasteiger partial charge in [-0.15, -0.1) is 6.58 Å². The third-order valence-electron chi connectivity index (χ3n) is 5.60. The minimum absolute atomic E-state index is 0.0975. The van der Waals surface area contributed by atoms with Crippen LogP contribution in [-0.4, -0.2) is 68.3 Å². The van der Waals surface area contributed by atoms with Gasteiger partial charge < -0.3 is 24.2 Å². The highest BCUT2D eigenvalue weighted by molar-refractivity contribution is 7.54. The molecule has 3 unspecified atom stereocenters. The number of amides is 1. The van der Waals surface area contributed by atoms with Crippen LogP contribution in [-0.2, 0) is 18.3 Å². The Kier molecular flexibility index (Phi) is 8.38. The molecule has 1 aliphatic heterocycles. The maximum absolute atomic E-state index is 15.9. The summed E-state index contributed by atoms with van der Waals surface area (Å²) in [6, 6.07) is 10.3. The second-order valence-electron chi connectivity index (χ2n) is 7.91. The molecule has 0 bridgehead atoms. The first-order chi connectivity index (χ1) is 17.9. The van der Waals surface area contributed by atoms with Gasteiger partial charge in [0.2, 0.25) is 0 Å². The summed E-state index contributed by atoms with van der Waals surface area (Å²) in [4.78, 5) is 25.1. The number of hydrogen-bond acceptors (Lipinski definition) is 10. The van der Waals surface area contributed by atoms with Gasteiger partial charge in [0, 0.05) is 5.56 Å². The lowest BCUT2D eigenvalue weighted by atomic mass is 10.2. The van der Waals surface area contributed by atoms with Crippen LogP contribution < -0.4 is 5.32 Å². The largest absolute Gasteiger partial charge is 0.394 e. The van der Waals surface area contributed by atoms with Crippen molar-refractivity contribution in [3.05, 3.63) is 61.2 Å². The summed E-state index contributed by atoms with van der Waals surface area (Å²) in [6.07, 6.45) is -0.996. The zero-order chi connectivity index (χ0) is 26.4. The van der Waals surface area contributed by atoms with E-state index in [2.05, 4.69) is 26.8 Å². The second kappa shape index (κ2) is 11.7. The van der Waals surface area contributed by atoms with Crippen LogP contribution in [0.5, 0.6) is 0 Å². The van der Waals surface area contributed by atoms with Crippen molar-refractivity contribution in [1.82, 2.24) is 19.5 Å². The molecule has 1 aliphatic rings. The number of rotatable bonds is 11. The number of nitrogens with zero attached hydrogens (tertiary/aromatic N) is 5. The molecular formula is C23H24FN6O6P. The van der Waals surface area contributed by atoms with E-state index in [1.54, 1.807) is 30.3 Å². The van der Waals surface area contributed by atoms with Crippen molar-refractivity contribution in [3.8, 4) is 6.07 Å². The van der Waals surface area contributed by atoms with Gasteiger partial charge in [-0.05, 0) is 12.1 Å². The number of fused-ring (bicyclic) bond motifs is 1. The predicted molar refractivity (Wildman–Crippen MR) is 129 cm³/mol. The Morgan fingerprint density at radius 1 is 1.32 bits per heavy atom. The molecule has 0 radical (unpaired) electrons. The first-order valence-corrected chi connectivity index (χ1v) is 12.9. The standard InChI is InChI=1S/C23H24FN6O6P/c1-2-10-34-37(33,35-11-6-9-25)19-16(12-31)36-23(17(19)24)30-14-28-18-20(26-13-27-21(18)30)29-22(32)15-7-4-3-5-8-15/h2-5,7-8,13-14,16-17,19,23,31H,1,6,10-12H2,(H,26,27,29,32)/t16?,17-,19-,23?,37?/m1/s1. The maximum atomic E-state index is 15.9. The molecule has 3 heterocycles. The van der Waals surface area contributed by atoms with Crippen molar-refractivity contribution in [3.63, 3.8) is 0 Å². The van der Waals surface area contributed by atoms with Crippen molar-refractivity contribution >= 4 is 30.5 Å². The Morgan fingerprint density at radius 3 is 2.81 bits per heavy atom. The summed E-state index contributed by atoms with van der Waals surface area (Å²) in [5.74, 6) is -0.327. The molecule has 2 aromatic heterocycles. The molecule has 194 valence electrons. The molecule has 1 saturated heterocycles. The zero-order valence-corrected chi connectivity index (χ0v) is 20.4. The topological polar surface area (TPSA) is 161 Å². The Labute approximate surface area is 211 Å². The number of alkyl halides is 1. The van der Waals surface area contributed by atoms with Gasteiger partial charge in [-0.1, -0.05) is 24.3 Å². The van der Waals surface area contributed by atoms with Crippen LogP contribution in [0.4, 0.5) is 10.2 Å². The molecule has 0 spiro atoms. The number of carbonyl (C=O) groups is 1. The van der Waals surface area contributed by atoms with Crippen LogP contribution in [0.1, 0.15) is 23.0 Å². The molecule has 5 atom stereocenters. The van der Waals surface area contributed by atoms with Crippen molar-refractivity contribution in [2.45, 2.75) is 30.6 Å². The van der Waals surface area contributed by atoms with E-state index in [9.17, 15) is 14.5 Å². The highest BCUT2D eigenvalue weighted by Gasteiger charge is 2.57. The van der Waals surface area contributed by atoms with E-state index in [0.29, 0.717) is 5.56 Å². The zero-order valence-electron chi connectivity index (χ0n) is 19.5. The van der Waals surface area contributed by atoms with E-state index in [1.807, 2.05) is 6.07 Å². The molecular weight excluding hydrogens is 506 g/mol. The van der Waals surface area contributed by atoms with Crippen LogP contribution in [0.25, 0.3) is 11.2 Å². The summed E-state index contributed by atoms with van der Waals surface area (Å²) in [7, 11) is -4.21. The Balaban J connectivity index is 1.64. The molecule has 0 saturated carbocycles. The lowest BCUT2D eigenvalue weighted by molar-refractivity contribution is -0.0353. The normalized spacial score (nSPS) is 22.8. The summed E-state index contributed by atoms with van der Waals surface area (Å²) < 4.78 is 47.2. The molecule has 12 nitrogen and oxygen atoms in total.